The number of β-lactam (4-membered cyclic amide) rings is 1. The van der Waals surface area contributed by atoms with Gasteiger partial charge in [-0.05, 0) is 70.3 Å². The van der Waals surface area contributed by atoms with Crippen molar-refractivity contribution >= 4 is 71.9 Å². The maximum absolute atomic E-state index is 15.1. The Kier molecular flexibility index (Phi) is 15.2. The number of likely N-dealkylation sites (tertiary alicyclic amines) is 1. The van der Waals surface area contributed by atoms with E-state index < -0.39 is 57.0 Å². The molecule has 338 valence electrons. The van der Waals surface area contributed by atoms with E-state index in [2.05, 4.69) is 56.1 Å². The molecule has 4 aromatic carbocycles. The van der Waals surface area contributed by atoms with E-state index in [0.29, 0.717) is 5.56 Å². The monoisotopic (exact) mass is 912 g/mol. The van der Waals surface area contributed by atoms with E-state index in [0.717, 1.165) is 21.5 Å². The lowest BCUT2D eigenvalue weighted by Gasteiger charge is -2.52. The van der Waals surface area contributed by atoms with Crippen molar-refractivity contribution in [2.45, 2.75) is 77.4 Å². The van der Waals surface area contributed by atoms with Crippen LogP contribution in [0.2, 0.25) is 18.1 Å². The molecule has 0 unspecified atom stereocenters. The molecule has 1 saturated heterocycles. The predicted molar refractivity (Wildman–Crippen MR) is 260 cm³/mol. The number of carbonyl (C=O) groups is 5. The van der Waals surface area contributed by atoms with Gasteiger partial charge in [0.1, 0.15) is 12.0 Å². The Labute approximate surface area is 382 Å². The quantitative estimate of drug-likeness (QED) is 0.0263. The lowest BCUT2D eigenvalue weighted by molar-refractivity contribution is -0.155. The average Bonchev–Trinajstić information content (AvgIpc) is 3.28. The first-order valence-corrected chi connectivity index (χ1v) is 26.2. The van der Waals surface area contributed by atoms with Gasteiger partial charge in [-0.2, -0.15) is 0 Å². The van der Waals surface area contributed by atoms with Gasteiger partial charge in [0, 0.05) is 43.5 Å². The van der Waals surface area contributed by atoms with Crippen molar-refractivity contribution in [3.05, 3.63) is 163 Å². The number of amides is 3. The number of aromatic nitrogens is 1. The number of carbonyl (C=O) groups excluding carboxylic acids is 4. The zero-order valence-electron chi connectivity index (χ0n) is 37.7. The summed E-state index contributed by atoms with van der Waals surface area (Å²) < 4.78 is 12.0. The second kappa shape index (κ2) is 20.6. The number of pyridine rings is 1. The minimum atomic E-state index is -3.36. The summed E-state index contributed by atoms with van der Waals surface area (Å²) in [5, 5.41) is 19.1. The molecule has 65 heavy (non-hydrogen) atoms. The molecule has 0 radical (unpaired) electrons. The number of ether oxygens (including phenoxy) is 1. The fraction of sp³-hybridized carbons (Fsp3) is 0.275. The normalized spacial score (nSPS) is 15.5. The fourth-order valence-corrected chi connectivity index (χ4v) is 13.8. The third kappa shape index (κ3) is 10.6. The topological polar surface area (TPSA) is 164 Å². The van der Waals surface area contributed by atoms with E-state index in [1.54, 1.807) is 36.7 Å². The van der Waals surface area contributed by atoms with Gasteiger partial charge in [0.15, 0.2) is 14.1 Å². The van der Waals surface area contributed by atoms with Crippen LogP contribution in [-0.2, 0) is 36.5 Å². The van der Waals surface area contributed by atoms with Crippen LogP contribution >= 0.6 is 6.89 Å². The van der Waals surface area contributed by atoms with Crippen LogP contribution in [0, 0.1) is 5.92 Å². The second-order valence-corrected chi connectivity index (χ2v) is 25.6. The summed E-state index contributed by atoms with van der Waals surface area (Å²) in [6.07, 6.45) is 2.78. The van der Waals surface area contributed by atoms with E-state index in [1.807, 2.05) is 97.9 Å². The van der Waals surface area contributed by atoms with Crippen molar-refractivity contribution in [2.75, 3.05) is 11.9 Å². The molecule has 3 amide bonds. The third-order valence-corrected chi connectivity index (χ3v) is 21.0. The van der Waals surface area contributed by atoms with Gasteiger partial charge < -0.3 is 24.5 Å². The molecule has 0 bridgehead atoms. The molecule has 0 spiro atoms. The number of Topliss-reactive ketones (excluding diaryl/α,β-unsaturated/α-hetero) is 1. The largest absolute Gasteiger partial charge is 0.477 e. The summed E-state index contributed by atoms with van der Waals surface area (Å²) in [5.41, 5.74) is 1.51. The highest BCUT2D eigenvalue weighted by atomic mass is 31.2. The summed E-state index contributed by atoms with van der Waals surface area (Å²) in [6.45, 7) is 12.7. The Balaban J connectivity index is 1.48. The van der Waals surface area contributed by atoms with E-state index >= 15 is 4.79 Å². The van der Waals surface area contributed by atoms with Gasteiger partial charge in [0.2, 0.25) is 11.8 Å². The molecule has 1 fully saturated rings. The lowest BCUT2D eigenvalue weighted by Crippen LogP contribution is -2.69. The maximum atomic E-state index is 15.1. The smallest absolute Gasteiger partial charge is 0.411 e. The highest BCUT2D eigenvalue weighted by Crippen LogP contribution is 2.50. The molecular weight excluding hydrogens is 856 g/mol. The van der Waals surface area contributed by atoms with Crippen molar-refractivity contribution < 1.29 is 38.2 Å². The van der Waals surface area contributed by atoms with Crippen LogP contribution in [0.4, 0.5) is 10.5 Å². The van der Waals surface area contributed by atoms with Gasteiger partial charge in [-0.15, -0.1) is 0 Å². The number of carboxylic acids is 1. The molecule has 1 aliphatic rings. The van der Waals surface area contributed by atoms with Crippen LogP contribution in [-0.4, -0.2) is 77.1 Å². The number of aliphatic carboxylic acids is 1. The number of ketones is 1. The molecule has 0 aliphatic carbocycles. The van der Waals surface area contributed by atoms with Crippen LogP contribution in [0.5, 0.6) is 0 Å². The van der Waals surface area contributed by atoms with Gasteiger partial charge in [0.05, 0.1) is 24.5 Å². The van der Waals surface area contributed by atoms with Gasteiger partial charge in [-0.3, -0.25) is 24.7 Å². The minimum absolute atomic E-state index is 0.0736. The van der Waals surface area contributed by atoms with Gasteiger partial charge in [-0.1, -0.05) is 137 Å². The fourth-order valence-electron chi connectivity index (χ4n) is 8.00. The summed E-state index contributed by atoms with van der Waals surface area (Å²) in [6, 6.07) is 35.4. The summed E-state index contributed by atoms with van der Waals surface area (Å²) in [7, 11) is -2.49. The lowest BCUT2D eigenvalue weighted by atomic mass is 9.79. The third-order valence-electron chi connectivity index (χ3n) is 12.2. The molecule has 3 atom stereocenters. The van der Waals surface area contributed by atoms with Crippen molar-refractivity contribution in [1.82, 2.24) is 15.2 Å². The molecule has 6 rings (SSSR count). The van der Waals surface area contributed by atoms with E-state index in [9.17, 15) is 24.3 Å². The Hall–Kier alpha value is -6.40. The first-order chi connectivity index (χ1) is 31.0. The summed E-state index contributed by atoms with van der Waals surface area (Å²) in [4.78, 5) is 75.6. The van der Waals surface area contributed by atoms with Gasteiger partial charge in [-0.25, -0.2) is 9.59 Å². The number of nitrogens with one attached hydrogen (secondary N) is 2. The number of anilines is 1. The number of hydrogen-bond acceptors (Lipinski definition) is 8. The highest BCUT2D eigenvalue weighted by Gasteiger charge is 2.57. The van der Waals surface area contributed by atoms with Crippen LogP contribution in [0.15, 0.2) is 146 Å². The maximum Gasteiger partial charge on any atom is 0.411 e. The molecule has 14 heteroatoms. The second-order valence-electron chi connectivity index (χ2n) is 17.5. The summed E-state index contributed by atoms with van der Waals surface area (Å²) >= 11 is 0. The molecule has 12 nitrogen and oxygen atoms in total. The molecule has 1 aliphatic heterocycles. The van der Waals surface area contributed by atoms with E-state index in [4.69, 9.17) is 9.16 Å². The average molecular weight is 913 g/mol. The highest BCUT2D eigenvalue weighted by molar-refractivity contribution is 7.96. The number of benzene rings is 4. The Bertz CT molecular complexity index is 2480. The molecule has 1 aromatic heterocycles. The zero-order valence-corrected chi connectivity index (χ0v) is 39.6. The Morgan fingerprint density at radius 2 is 1.43 bits per heavy atom. The van der Waals surface area contributed by atoms with Gasteiger partial charge in [0.25, 0.3) is 0 Å². The number of rotatable bonds is 18. The van der Waals surface area contributed by atoms with Crippen LogP contribution in [0.3, 0.4) is 0 Å². The molecule has 5 aromatic rings. The van der Waals surface area contributed by atoms with E-state index in [1.165, 1.54) is 17.0 Å². The SMILES string of the molecule is C=CCOC(=O)Nc1cc(C(=O)C[C@@H]2[C@@H]([C@@H](C)O[Si](C)(C)C(C)(C)C)C(=O)N2C(C(=O)O)=P(c2ccccc2)(c2ccccc2)c2ccccc2)ccc1CC(=O)NCc1ccncc1. The molecular formula is C51H57N4O8PSi. The molecule has 2 heterocycles. The van der Waals surface area contributed by atoms with E-state index in [-0.39, 0.29) is 53.6 Å². The first-order valence-electron chi connectivity index (χ1n) is 21.5. The van der Waals surface area contributed by atoms with Gasteiger partial charge >= 0.3 is 12.1 Å². The zero-order chi connectivity index (χ0) is 46.9. The van der Waals surface area contributed by atoms with Crippen molar-refractivity contribution in [3.63, 3.8) is 0 Å². The summed E-state index contributed by atoms with van der Waals surface area (Å²) in [5.74, 6) is -3.35. The van der Waals surface area contributed by atoms with Crippen molar-refractivity contribution in [1.29, 1.82) is 0 Å². The number of nitrogens with zero attached hydrogens (tertiary/aromatic N) is 2. The van der Waals surface area contributed by atoms with Crippen LogP contribution in [0.1, 0.15) is 55.6 Å². The molecule has 3 N–H and O–H groups in total. The Morgan fingerprint density at radius 1 is 0.877 bits per heavy atom. The standard InChI is InChI=1S/C51H57N4O8PSi/c1-8-30-62-50(61)54-42-31-38(25-24-37(42)32-45(57)53-34-36-26-28-52-29-27-36)44(56)33-43-46(35(2)63-65(6,7)51(3,4)5)47(58)55(43)48(49(59)60)64(39-18-12-9-13-19-39,40-20-14-10-15-21-40)41-22-16-11-17-23-41/h8-29,31,35,43,46H,1,30,32-34H2,2-7H3,(H,53,57)(H,54,61)(H,59,60)/t35-,43-,46-/m1/s1. The van der Waals surface area contributed by atoms with Crippen LogP contribution < -0.4 is 26.5 Å². The minimum Gasteiger partial charge on any atom is -0.477 e. The first kappa shape index (κ1) is 48.1. The predicted octanol–water partition coefficient (Wildman–Crippen LogP) is 7.69. The molecule has 0 saturated carbocycles. The van der Waals surface area contributed by atoms with Crippen molar-refractivity contribution in [3.8, 4) is 0 Å². The Morgan fingerprint density at radius 3 is 1.94 bits per heavy atom. The van der Waals surface area contributed by atoms with Crippen LogP contribution in [0.25, 0.3) is 0 Å². The number of hydrogen-bond donors (Lipinski definition) is 3. The number of carboxylic acid groups (broad SMARTS) is 1. The van der Waals surface area contributed by atoms with Crippen molar-refractivity contribution in [2.24, 2.45) is 5.92 Å².